The van der Waals surface area contributed by atoms with Crippen molar-refractivity contribution in [1.82, 2.24) is 24.1 Å². The summed E-state index contributed by atoms with van der Waals surface area (Å²) in [6.45, 7) is 2.83. The number of hydrogen-bond acceptors (Lipinski definition) is 6. The summed E-state index contributed by atoms with van der Waals surface area (Å²) in [5.74, 6) is 0.400. The number of amides is 1. The third-order valence-electron chi connectivity index (χ3n) is 5.45. The molecule has 2 saturated heterocycles. The van der Waals surface area contributed by atoms with Crippen LogP contribution < -0.4 is 10.1 Å². The highest BCUT2D eigenvalue weighted by Crippen LogP contribution is 2.58. The summed E-state index contributed by atoms with van der Waals surface area (Å²) in [6, 6.07) is 1.65. The molecule has 0 radical (unpaired) electrons. The molecule has 0 aromatic carbocycles. The van der Waals surface area contributed by atoms with Crippen molar-refractivity contribution >= 4 is 17.4 Å². The second-order valence-corrected chi connectivity index (χ2v) is 7.69. The molecule has 9 heteroatoms. The van der Waals surface area contributed by atoms with Crippen LogP contribution in [0.4, 0.5) is 5.82 Å². The molecule has 3 aromatic rings. The van der Waals surface area contributed by atoms with Crippen molar-refractivity contribution in [3.8, 4) is 5.88 Å². The topological polar surface area (TPSA) is 95.6 Å². The molecule has 27 heavy (non-hydrogen) atoms. The molecule has 5 heterocycles. The number of nitrogens with zero attached hydrogens (tertiary/aromatic N) is 5. The number of carbonyl (C=O) groups excluding carboxylic acids is 1. The maximum absolute atomic E-state index is 12.4. The fraction of sp³-hybridized carbons (Fsp3) is 0.444. The Hall–Kier alpha value is -2.94. The standard InChI is InChI=1S/C18H20N6O3/c1-17-8-18(9-17,10-27-17)12-6-24-7-13(21-16(26-3)14(24)19-12)20-15(25)11-4-5-23(2)22-11/h4-7H,8-10H2,1-3H3,(H,20,25). The summed E-state index contributed by atoms with van der Waals surface area (Å²) >= 11 is 0. The normalized spacial score (nSPS) is 26.2. The van der Waals surface area contributed by atoms with Crippen LogP contribution in [-0.2, 0) is 17.2 Å². The third-order valence-corrected chi connectivity index (χ3v) is 5.45. The summed E-state index contributed by atoms with van der Waals surface area (Å²) in [5.41, 5.74) is 1.88. The summed E-state index contributed by atoms with van der Waals surface area (Å²) in [5, 5.41) is 6.86. The minimum atomic E-state index is -0.331. The Bertz CT molecular complexity index is 1060. The van der Waals surface area contributed by atoms with Crippen LogP contribution >= 0.6 is 0 Å². The van der Waals surface area contributed by atoms with Gasteiger partial charge in [-0.3, -0.25) is 13.9 Å². The molecule has 3 fully saturated rings. The molecular formula is C18H20N6O3. The van der Waals surface area contributed by atoms with Crippen molar-refractivity contribution in [2.45, 2.75) is 30.8 Å². The number of imidazole rings is 1. The Labute approximate surface area is 155 Å². The number of anilines is 1. The van der Waals surface area contributed by atoms with Crippen molar-refractivity contribution in [2.24, 2.45) is 7.05 Å². The van der Waals surface area contributed by atoms with Crippen LogP contribution in [0.25, 0.3) is 5.65 Å². The van der Waals surface area contributed by atoms with Gasteiger partial charge in [0, 0.05) is 24.9 Å². The maximum Gasteiger partial charge on any atom is 0.277 e. The summed E-state index contributed by atoms with van der Waals surface area (Å²) in [7, 11) is 3.30. The van der Waals surface area contributed by atoms with Gasteiger partial charge in [-0.05, 0) is 25.8 Å². The summed E-state index contributed by atoms with van der Waals surface area (Å²) < 4.78 is 14.7. The lowest BCUT2D eigenvalue weighted by atomic mass is 9.62. The summed E-state index contributed by atoms with van der Waals surface area (Å²) in [4.78, 5) is 21.5. The van der Waals surface area contributed by atoms with Gasteiger partial charge in [0.15, 0.2) is 11.5 Å². The predicted octanol–water partition coefficient (Wildman–Crippen LogP) is 1.54. The molecule has 1 aliphatic carbocycles. The van der Waals surface area contributed by atoms with Gasteiger partial charge in [0.2, 0.25) is 5.65 Å². The fourth-order valence-corrected chi connectivity index (χ4v) is 4.29. The number of hydrogen-bond donors (Lipinski definition) is 1. The Kier molecular flexibility index (Phi) is 3.18. The van der Waals surface area contributed by atoms with Gasteiger partial charge in [-0.15, -0.1) is 0 Å². The molecule has 0 spiro atoms. The average molecular weight is 368 g/mol. The highest BCUT2D eigenvalue weighted by molar-refractivity contribution is 6.02. The van der Waals surface area contributed by atoms with Gasteiger partial charge in [0.1, 0.15) is 0 Å². The van der Waals surface area contributed by atoms with Crippen LogP contribution in [0.2, 0.25) is 0 Å². The molecule has 0 atom stereocenters. The van der Waals surface area contributed by atoms with E-state index in [1.807, 2.05) is 10.6 Å². The van der Waals surface area contributed by atoms with Gasteiger partial charge in [-0.1, -0.05) is 0 Å². The van der Waals surface area contributed by atoms with Crippen LogP contribution in [0.1, 0.15) is 35.9 Å². The first-order valence-electron chi connectivity index (χ1n) is 8.79. The zero-order valence-electron chi connectivity index (χ0n) is 15.4. The van der Waals surface area contributed by atoms with Gasteiger partial charge in [0.25, 0.3) is 11.8 Å². The first kappa shape index (κ1) is 16.2. The largest absolute Gasteiger partial charge is 0.478 e. The smallest absolute Gasteiger partial charge is 0.277 e. The van der Waals surface area contributed by atoms with E-state index in [0.717, 1.165) is 18.5 Å². The maximum atomic E-state index is 12.4. The molecule has 9 nitrogen and oxygen atoms in total. The quantitative estimate of drug-likeness (QED) is 0.751. The van der Waals surface area contributed by atoms with E-state index in [-0.39, 0.29) is 16.9 Å². The molecule has 1 amide bonds. The lowest BCUT2D eigenvalue weighted by Gasteiger charge is -2.41. The highest BCUT2D eigenvalue weighted by atomic mass is 16.5. The Morgan fingerprint density at radius 3 is 2.78 bits per heavy atom. The molecule has 1 N–H and O–H groups in total. The monoisotopic (exact) mass is 368 g/mol. The minimum absolute atomic E-state index is 0.0139. The van der Waals surface area contributed by atoms with Crippen molar-refractivity contribution in [1.29, 1.82) is 0 Å². The lowest BCUT2D eigenvalue weighted by Crippen LogP contribution is -2.45. The van der Waals surface area contributed by atoms with Gasteiger partial charge < -0.3 is 14.8 Å². The SMILES string of the molecule is COc1nc(NC(=O)c2ccn(C)n2)cn2cc(C34COC(C)(C3)C4)nc12. The molecule has 6 rings (SSSR count). The number of aryl methyl sites for hydroxylation is 1. The second-order valence-electron chi connectivity index (χ2n) is 7.69. The van der Waals surface area contributed by atoms with Crippen LogP contribution in [0.5, 0.6) is 5.88 Å². The van der Waals surface area contributed by atoms with E-state index in [1.54, 1.807) is 37.3 Å². The number of nitrogens with one attached hydrogen (secondary N) is 1. The van der Waals surface area contributed by atoms with Gasteiger partial charge >= 0.3 is 0 Å². The molecule has 0 unspecified atom stereocenters. The van der Waals surface area contributed by atoms with E-state index < -0.39 is 0 Å². The van der Waals surface area contributed by atoms with Crippen molar-refractivity contribution in [2.75, 3.05) is 19.0 Å². The van der Waals surface area contributed by atoms with E-state index in [4.69, 9.17) is 14.5 Å². The van der Waals surface area contributed by atoms with Gasteiger partial charge in [0.05, 0.1) is 31.2 Å². The average Bonchev–Trinajstić information content (AvgIpc) is 3.35. The van der Waals surface area contributed by atoms with Crippen LogP contribution in [0, 0.1) is 0 Å². The summed E-state index contributed by atoms with van der Waals surface area (Å²) in [6.07, 6.45) is 7.37. The first-order valence-corrected chi connectivity index (χ1v) is 8.79. The van der Waals surface area contributed by atoms with Gasteiger partial charge in [-0.2, -0.15) is 10.1 Å². The number of fused-ring (bicyclic) bond motifs is 2. The van der Waals surface area contributed by atoms with E-state index in [1.165, 1.54) is 0 Å². The van der Waals surface area contributed by atoms with Crippen LogP contribution in [0.3, 0.4) is 0 Å². The van der Waals surface area contributed by atoms with Gasteiger partial charge in [-0.25, -0.2) is 4.98 Å². The first-order chi connectivity index (χ1) is 12.9. The molecule has 3 aliphatic rings. The van der Waals surface area contributed by atoms with Crippen molar-refractivity contribution in [3.63, 3.8) is 0 Å². The van der Waals surface area contributed by atoms with Crippen LogP contribution in [-0.4, -0.2) is 49.4 Å². The molecular weight excluding hydrogens is 348 g/mol. The van der Waals surface area contributed by atoms with E-state index in [0.29, 0.717) is 29.6 Å². The minimum Gasteiger partial charge on any atom is -0.478 e. The predicted molar refractivity (Wildman–Crippen MR) is 96.0 cm³/mol. The second kappa shape index (κ2) is 5.29. The number of rotatable bonds is 4. The molecule has 3 aromatic heterocycles. The highest BCUT2D eigenvalue weighted by Gasteiger charge is 2.61. The molecule has 140 valence electrons. The van der Waals surface area contributed by atoms with E-state index in [2.05, 4.69) is 22.3 Å². The Morgan fingerprint density at radius 1 is 1.33 bits per heavy atom. The fourth-order valence-electron chi connectivity index (χ4n) is 4.29. The number of ether oxygens (including phenoxy) is 2. The van der Waals surface area contributed by atoms with Crippen LogP contribution in [0.15, 0.2) is 24.7 Å². The molecule has 1 saturated carbocycles. The van der Waals surface area contributed by atoms with Crippen molar-refractivity contribution in [3.05, 3.63) is 36.0 Å². The zero-order chi connectivity index (χ0) is 18.8. The zero-order valence-corrected chi connectivity index (χ0v) is 15.4. The number of methoxy groups -OCH3 is 1. The number of aromatic nitrogens is 5. The third kappa shape index (κ3) is 2.42. The lowest BCUT2D eigenvalue weighted by molar-refractivity contribution is 0.0154. The Morgan fingerprint density at radius 2 is 2.15 bits per heavy atom. The molecule has 2 aliphatic heterocycles. The van der Waals surface area contributed by atoms with E-state index in [9.17, 15) is 4.79 Å². The number of carbonyl (C=O) groups is 1. The van der Waals surface area contributed by atoms with Crippen molar-refractivity contribution < 1.29 is 14.3 Å². The molecule has 2 bridgehead atoms. The van der Waals surface area contributed by atoms with E-state index >= 15 is 0 Å². The Balaban J connectivity index is 1.49.